The average Bonchev–Trinajstić information content (AvgIpc) is 2.09. The molecule has 1 aromatic carbocycles. The summed E-state index contributed by atoms with van der Waals surface area (Å²) in [5.41, 5.74) is -0.458. The molecule has 0 aliphatic heterocycles. The second-order valence-electron chi connectivity index (χ2n) is 2.49. The van der Waals surface area contributed by atoms with Crippen LogP contribution in [0.1, 0.15) is 22.8 Å². The molecule has 13 heavy (non-hydrogen) atoms. The number of carbonyl (C=O) groups excluding carboxylic acids is 1. The van der Waals surface area contributed by atoms with Gasteiger partial charge in [0, 0.05) is 5.56 Å². The van der Waals surface area contributed by atoms with Gasteiger partial charge in [0.1, 0.15) is 6.07 Å². The van der Waals surface area contributed by atoms with E-state index in [1.54, 1.807) is 0 Å². The topological polar surface area (TPSA) is 40.9 Å². The fraction of sp³-hybridized carbons (Fsp3) is 0.111. The predicted octanol–water partition coefficient (Wildman–Crippen LogP) is 2.04. The van der Waals surface area contributed by atoms with Crippen LogP contribution >= 0.6 is 0 Å². The summed E-state index contributed by atoms with van der Waals surface area (Å²) < 4.78 is 25.4. The minimum Gasteiger partial charge on any atom is -0.295 e. The van der Waals surface area contributed by atoms with Crippen molar-refractivity contribution in [2.75, 3.05) is 0 Å². The number of ketones is 1. The molecule has 66 valence electrons. The van der Waals surface area contributed by atoms with Crippen molar-refractivity contribution in [3.05, 3.63) is 34.9 Å². The summed E-state index contributed by atoms with van der Waals surface area (Å²) in [6.07, 6.45) is 0. The van der Waals surface area contributed by atoms with Gasteiger partial charge in [-0.3, -0.25) is 4.79 Å². The van der Waals surface area contributed by atoms with E-state index in [0.717, 1.165) is 12.1 Å². The number of nitrogens with zero attached hydrogens (tertiary/aromatic N) is 1. The van der Waals surface area contributed by atoms with Crippen LogP contribution in [0.3, 0.4) is 0 Å². The molecule has 0 aliphatic rings. The number of hydrogen-bond acceptors (Lipinski definition) is 2. The van der Waals surface area contributed by atoms with Gasteiger partial charge in [0.05, 0.1) is 5.56 Å². The summed E-state index contributed by atoms with van der Waals surface area (Å²) in [6.45, 7) is 1.22. The molecule has 0 heterocycles. The van der Waals surface area contributed by atoms with Crippen LogP contribution < -0.4 is 0 Å². The molecular weight excluding hydrogens is 176 g/mol. The molecule has 0 saturated carbocycles. The van der Waals surface area contributed by atoms with Crippen LogP contribution in [-0.2, 0) is 0 Å². The van der Waals surface area contributed by atoms with E-state index in [1.807, 2.05) is 0 Å². The van der Waals surface area contributed by atoms with E-state index >= 15 is 0 Å². The van der Waals surface area contributed by atoms with E-state index in [9.17, 15) is 13.6 Å². The first-order chi connectivity index (χ1) is 6.06. The van der Waals surface area contributed by atoms with Gasteiger partial charge in [-0.15, -0.1) is 0 Å². The third-order valence-corrected chi connectivity index (χ3v) is 1.56. The number of rotatable bonds is 1. The molecule has 0 radical (unpaired) electrons. The third kappa shape index (κ3) is 1.70. The highest BCUT2D eigenvalue weighted by Gasteiger charge is 2.11. The highest BCUT2D eigenvalue weighted by molar-refractivity contribution is 5.94. The van der Waals surface area contributed by atoms with Crippen molar-refractivity contribution in [1.29, 1.82) is 5.26 Å². The maximum absolute atomic E-state index is 12.7. The predicted molar refractivity (Wildman–Crippen MR) is 41.1 cm³/mol. The number of Topliss-reactive ketones (excluding diaryl/α,β-unsaturated/α-hetero) is 1. The van der Waals surface area contributed by atoms with Gasteiger partial charge >= 0.3 is 0 Å². The van der Waals surface area contributed by atoms with Crippen molar-refractivity contribution in [1.82, 2.24) is 0 Å². The van der Waals surface area contributed by atoms with E-state index in [-0.39, 0.29) is 5.56 Å². The van der Waals surface area contributed by atoms with Crippen molar-refractivity contribution in [3.8, 4) is 6.07 Å². The lowest BCUT2D eigenvalue weighted by atomic mass is 10.1. The largest absolute Gasteiger partial charge is 0.295 e. The van der Waals surface area contributed by atoms with Crippen LogP contribution in [0.15, 0.2) is 12.1 Å². The Labute approximate surface area is 73.4 Å². The van der Waals surface area contributed by atoms with Crippen LogP contribution in [0.25, 0.3) is 0 Å². The Morgan fingerprint density at radius 3 is 2.54 bits per heavy atom. The van der Waals surface area contributed by atoms with Gasteiger partial charge in [-0.25, -0.2) is 8.78 Å². The van der Waals surface area contributed by atoms with E-state index in [2.05, 4.69) is 0 Å². The number of carbonyl (C=O) groups is 1. The number of nitriles is 1. The summed E-state index contributed by atoms with van der Waals surface area (Å²) in [6, 6.07) is 3.27. The zero-order valence-corrected chi connectivity index (χ0v) is 6.77. The van der Waals surface area contributed by atoms with Gasteiger partial charge in [-0.2, -0.15) is 5.26 Å². The minimum absolute atomic E-state index is 0.00421. The molecular formula is C9H5F2NO. The van der Waals surface area contributed by atoms with E-state index in [1.165, 1.54) is 13.0 Å². The van der Waals surface area contributed by atoms with Gasteiger partial charge in [0.15, 0.2) is 17.4 Å². The molecule has 0 aromatic heterocycles. The zero-order valence-electron chi connectivity index (χ0n) is 6.77. The second kappa shape index (κ2) is 3.31. The Kier molecular flexibility index (Phi) is 2.38. The molecule has 0 bridgehead atoms. The summed E-state index contributed by atoms with van der Waals surface area (Å²) in [5, 5.41) is 8.38. The molecule has 0 N–H and O–H groups in total. The monoisotopic (exact) mass is 181 g/mol. The highest BCUT2D eigenvalue weighted by Crippen LogP contribution is 2.14. The van der Waals surface area contributed by atoms with Crippen molar-refractivity contribution in [3.63, 3.8) is 0 Å². The van der Waals surface area contributed by atoms with Crippen LogP contribution in [0, 0.1) is 23.0 Å². The lowest BCUT2D eigenvalue weighted by Crippen LogP contribution is -1.98. The molecule has 0 spiro atoms. The van der Waals surface area contributed by atoms with Crippen LogP contribution in [0.5, 0.6) is 0 Å². The van der Waals surface area contributed by atoms with Crippen molar-refractivity contribution < 1.29 is 13.6 Å². The Bertz CT molecular complexity index is 407. The fourth-order valence-corrected chi connectivity index (χ4v) is 0.874. The van der Waals surface area contributed by atoms with Gasteiger partial charge < -0.3 is 0 Å². The first-order valence-electron chi connectivity index (χ1n) is 3.46. The first-order valence-corrected chi connectivity index (χ1v) is 3.46. The van der Waals surface area contributed by atoms with E-state index in [4.69, 9.17) is 5.26 Å². The Hall–Kier alpha value is -1.76. The van der Waals surface area contributed by atoms with Gasteiger partial charge in [-0.05, 0) is 19.1 Å². The first kappa shape index (κ1) is 9.33. The quantitative estimate of drug-likeness (QED) is 0.622. The summed E-state index contributed by atoms with van der Waals surface area (Å²) >= 11 is 0. The summed E-state index contributed by atoms with van der Waals surface area (Å²) in [5.74, 6) is -2.80. The standard InChI is InChI=1S/C9H5F2NO/c1-5(13)6-2-7(4-12)9(11)8(10)3-6/h2-3H,1H3. The van der Waals surface area contributed by atoms with Crippen molar-refractivity contribution in [2.24, 2.45) is 0 Å². The Balaban J connectivity index is 3.41. The number of hydrogen-bond donors (Lipinski definition) is 0. The van der Waals surface area contributed by atoms with Crippen LogP contribution in [0.2, 0.25) is 0 Å². The maximum Gasteiger partial charge on any atom is 0.176 e. The zero-order chi connectivity index (χ0) is 10.0. The SMILES string of the molecule is CC(=O)c1cc(F)c(F)c(C#N)c1. The molecule has 0 amide bonds. The minimum atomic E-state index is -1.22. The highest BCUT2D eigenvalue weighted by atomic mass is 19.2. The van der Waals surface area contributed by atoms with E-state index < -0.39 is 23.0 Å². The Morgan fingerprint density at radius 1 is 1.46 bits per heavy atom. The molecule has 0 unspecified atom stereocenters. The molecule has 0 atom stereocenters. The van der Waals surface area contributed by atoms with E-state index in [0.29, 0.717) is 0 Å². The van der Waals surface area contributed by atoms with Gasteiger partial charge in [-0.1, -0.05) is 0 Å². The molecule has 2 nitrogen and oxygen atoms in total. The average molecular weight is 181 g/mol. The normalized spacial score (nSPS) is 9.38. The number of halogens is 2. The summed E-state index contributed by atoms with van der Waals surface area (Å²) in [4.78, 5) is 10.8. The van der Waals surface area contributed by atoms with Crippen molar-refractivity contribution in [2.45, 2.75) is 6.92 Å². The smallest absolute Gasteiger partial charge is 0.176 e. The molecule has 0 fully saturated rings. The van der Waals surface area contributed by atoms with Crippen molar-refractivity contribution >= 4 is 5.78 Å². The maximum atomic E-state index is 12.7. The lowest BCUT2D eigenvalue weighted by molar-refractivity contribution is 0.101. The van der Waals surface area contributed by atoms with Crippen LogP contribution in [-0.4, -0.2) is 5.78 Å². The Morgan fingerprint density at radius 2 is 2.08 bits per heavy atom. The molecule has 0 aliphatic carbocycles. The third-order valence-electron chi connectivity index (χ3n) is 1.56. The molecule has 0 saturated heterocycles. The van der Waals surface area contributed by atoms with Gasteiger partial charge in [0.2, 0.25) is 0 Å². The molecule has 1 rings (SSSR count). The fourth-order valence-electron chi connectivity index (χ4n) is 0.874. The molecule has 1 aromatic rings. The second-order valence-corrected chi connectivity index (χ2v) is 2.49. The number of benzene rings is 1. The lowest BCUT2D eigenvalue weighted by Gasteiger charge is -1.98. The van der Waals surface area contributed by atoms with Crippen LogP contribution in [0.4, 0.5) is 8.78 Å². The molecule has 4 heteroatoms. The van der Waals surface area contributed by atoms with Gasteiger partial charge in [0.25, 0.3) is 0 Å². The summed E-state index contributed by atoms with van der Waals surface area (Å²) in [7, 11) is 0.